The number of ketones is 1. The molecule has 1 aromatic heterocycles. The Morgan fingerprint density at radius 2 is 2.04 bits per heavy atom. The Labute approximate surface area is 138 Å². The Morgan fingerprint density at radius 3 is 2.74 bits per heavy atom. The lowest BCUT2D eigenvalue weighted by atomic mass is 9.96. The number of carbonyl (C=O) groups excluding carboxylic acids is 2. The number of esters is 1. The second kappa shape index (κ2) is 6.54. The van der Waals surface area contributed by atoms with Crippen molar-refractivity contribution in [2.75, 3.05) is 0 Å². The number of nitrogens with zero attached hydrogens (tertiary/aromatic N) is 1. The summed E-state index contributed by atoms with van der Waals surface area (Å²) < 4.78 is 10.8. The molecule has 1 aliphatic rings. The number of hydrogen-bond donors (Lipinski definition) is 0. The maximum atomic E-state index is 12.3. The van der Waals surface area contributed by atoms with Crippen molar-refractivity contribution in [2.24, 2.45) is 0 Å². The van der Waals surface area contributed by atoms with Crippen LogP contribution >= 0.6 is 11.6 Å². The molecule has 3 rings (SSSR count). The molecule has 120 valence electrons. The molecule has 0 N–H and O–H groups in total. The topological polar surface area (TPSA) is 69.4 Å². The molecule has 0 bridgehead atoms. The zero-order chi connectivity index (χ0) is 16.4. The van der Waals surface area contributed by atoms with Gasteiger partial charge in [-0.15, -0.1) is 0 Å². The zero-order valence-electron chi connectivity index (χ0n) is 12.7. The van der Waals surface area contributed by atoms with Crippen LogP contribution in [0.5, 0.6) is 0 Å². The number of rotatable bonds is 3. The van der Waals surface area contributed by atoms with Gasteiger partial charge in [0, 0.05) is 17.0 Å². The van der Waals surface area contributed by atoms with Crippen molar-refractivity contribution in [1.29, 1.82) is 0 Å². The van der Waals surface area contributed by atoms with E-state index in [1.807, 2.05) is 0 Å². The second-order valence-corrected chi connectivity index (χ2v) is 5.97. The van der Waals surface area contributed by atoms with E-state index in [-0.39, 0.29) is 11.5 Å². The van der Waals surface area contributed by atoms with E-state index in [1.54, 1.807) is 31.2 Å². The Morgan fingerprint density at radius 1 is 1.30 bits per heavy atom. The van der Waals surface area contributed by atoms with Gasteiger partial charge in [0.25, 0.3) is 0 Å². The second-order valence-electron chi connectivity index (χ2n) is 5.54. The average Bonchev–Trinajstić information content (AvgIpc) is 2.92. The largest absolute Gasteiger partial charge is 0.450 e. The molecule has 2 aromatic rings. The van der Waals surface area contributed by atoms with Crippen LogP contribution in [-0.4, -0.2) is 22.8 Å². The Kier molecular flexibility index (Phi) is 4.48. The van der Waals surface area contributed by atoms with Crippen molar-refractivity contribution in [3.63, 3.8) is 0 Å². The Hall–Kier alpha value is -2.14. The summed E-state index contributed by atoms with van der Waals surface area (Å²) in [6.07, 6.45) is 2.12. The van der Waals surface area contributed by atoms with E-state index >= 15 is 0 Å². The predicted octanol–water partition coefficient (Wildman–Crippen LogP) is 3.97. The highest BCUT2D eigenvalue weighted by atomic mass is 35.5. The molecule has 1 heterocycles. The van der Waals surface area contributed by atoms with E-state index in [1.165, 1.54) is 0 Å². The molecule has 0 saturated heterocycles. The number of Topliss-reactive ketones (excluding diaryl/α,β-unsaturated/α-hetero) is 1. The maximum absolute atomic E-state index is 12.3. The summed E-state index contributed by atoms with van der Waals surface area (Å²) in [5, 5.41) is 0.604. The molecule has 6 heteroatoms. The quantitative estimate of drug-likeness (QED) is 0.795. The van der Waals surface area contributed by atoms with E-state index in [2.05, 4.69) is 4.98 Å². The van der Waals surface area contributed by atoms with Gasteiger partial charge in [-0.05, 0) is 50.5 Å². The van der Waals surface area contributed by atoms with E-state index in [0.717, 1.165) is 12.8 Å². The molecule has 1 fully saturated rings. The normalized spacial score (nSPS) is 18.0. The number of benzene rings is 1. The fourth-order valence-electron chi connectivity index (χ4n) is 2.56. The van der Waals surface area contributed by atoms with Crippen LogP contribution in [0.4, 0.5) is 0 Å². The summed E-state index contributed by atoms with van der Waals surface area (Å²) in [6, 6.07) is 6.95. The molecule has 0 spiro atoms. The fourth-order valence-corrected chi connectivity index (χ4v) is 2.69. The van der Waals surface area contributed by atoms with Crippen LogP contribution in [0.25, 0.3) is 11.5 Å². The van der Waals surface area contributed by atoms with E-state index in [9.17, 15) is 9.59 Å². The first kappa shape index (κ1) is 15.7. The molecule has 5 nitrogen and oxygen atoms in total. The Balaban J connectivity index is 1.78. The third kappa shape index (κ3) is 3.45. The first-order valence-corrected chi connectivity index (χ1v) is 7.89. The van der Waals surface area contributed by atoms with Crippen molar-refractivity contribution in [2.45, 2.75) is 38.7 Å². The van der Waals surface area contributed by atoms with Gasteiger partial charge in [-0.3, -0.25) is 4.79 Å². The summed E-state index contributed by atoms with van der Waals surface area (Å²) in [4.78, 5) is 28.2. The van der Waals surface area contributed by atoms with E-state index in [4.69, 9.17) is 20.8 Å². The lowest BCUT2D eigenvalue weighted by molar-refractivity contribution is -0.129. The fraction of sp³-hybridized carbons (Fsp3) is 0.353. The lowest BCUT2D eigenvalue weighted by Crippen LogP contribution is -2.30. The molecule has 1 aliphatic carbocycles. The minimum Gasteiger partial charge on any atom is -0.450 e. The minimum atomic E-state index is -0.661. The van der Waals surface area contributed by atoms with Crippen LogP contribution in [0, 0.1) is 6.92 Å². The van der Waals surface area contributed by atoms with Gasteiger partial charge in [-0.2, -0.15) is 0 Å². The van der Waals surface area contributed by atoms with Crippen molar-refractivity contribution in [1.82, 2.24) is 4.98 Å². The van der Waals surface area contributed by atoms with Gasteiger partial charge in [0.15, 0.2) is 17.6 Å². The molecule has 1 atom stereocenters. The van der Waals surface area contributed by atoms with Crippen LogP contribution in [0.3, 0.4) is 0 Å². The molecular weight excluding hydrogens is 318 g/mol. The van der Waals surface area contributed by atoms with Gasteiger partial charge in [0.05, 0.1) is 0 Å². The lowest BCUT2D eigenvalue weighted by Gasteiger charge is -2.20. The van der Waals surface area contributed by atoms with Gasteiger partial charge < -0.3 is 9.15 Å². The summed E-state index contributed by atoms with van der Waals surface area (Å²) in [5.74, 6) is 0.0414. The first-order chi connectivity index (χ1) is 11.0. The highest BCUT2D eigenvalue weighted by Crippen LogP contribution is 2.25. The Bertz CT molecular complexity index is 736. The average molecular weight is 334 g/mol. The number of hydrogen-bond acceptors (Lipinski definition) is 5. The van der Waals surface area contributed by atoms with Crippen LogP contribution < -0.4 is 0 Å². The third-order valence-electron chi connectivity index (χ3n) is 3.83. The highest BCUT2D eigenvalue weighted by Gasteiger charge is 2.28. The standard InChI is InChI=1S/C17H16ClNO4/c1-10-15(17(21)23-14-5-3-2-4-13(14)20)19-16(22-10)11-6-8-12(18)9-7-11/h6-9,14H,2-5H2,1H3/t14-/m1/s1. The number of aromatic nitrogens is 1. The third-order valence-corrected chi connectivity index (χ3v) is 4.08. The predicted molar refractivity (Wildman–Crippen MR) is 84.4 cm³/mol. The van der Waals surface area contributed by atoms with E-state index in [0.29, 0.717) is 35.1 Å². The molecular formula is C17H16ClNO4. The maximum Gasteiger partial charge on any atom is 0.361 e. The van der Waals surface area contributed by atoms with E-state index < -0.39 is 12.1 Å². The molecule has 0 radical (unpaired) electrons. The monoisotopic (exact) mass is 333 g/mol. The number of aryl methyl sites for hydroxylation is 1. The summed E-state index contributed by atoms with van der Waals surface area (Å²) in [5.41, 5.74) is 0.818. The zero-order valence-corrected chi connectivity index (χ0v) is 13.4. The number of oxazole rings is 1. The SMILES string of the molecule is Cc1oc(-c2ccc(Cl)cc2)nc1C(=O)O[C@@H]1CCCCC1=O. The summed E-state index contributed by atoms with van der Waals surface area (Å²) in [6.45, 7) is 1.64. The summed E-state index contributed by atoms with van der Waals surface area (Å²) in [7, 11) is 0. The van der Waals surface area contributed by atoms with Gasteiger partial charge in [-0.25, -0.2) is 9.78 Å². The molecule has 0 amide bonds. The van der Waals surface area contributed by atoms with Crippen LogP contribution in [0.2, 0.25) is 5.02 Å². The number of halogens is 1. The van der Waals surface area contributed by atoms with Gasteiger partial charge in [0.1, 0.15) is 5.76 Å². The van der Waals surface area contributed by atoms with Crippen molar-refractivity contribution >= 4 is 23.4 Å². The van der Waals surface area contributed by atoms with Gasteiger partial charge >= 0.3 is 5.97 Å². The first-order valence-electron chi connectivity index (χ1n) is 7.51. The molecule has 1 aromatic carbocycles. The molecule has 0 unspecified atom stereocenters. The van der Waals surface area contributed by atoms with Crippen molar-refractivity contribution in [3.8, 4) is 11.5 Å². The number of ether oxygens (including phenoxy) is 1. The molecule has 1 saturated carbocycles. The molecule has 23 heavy (non-hydrogen) atoms. The van der Waals surface area contributed by atoms with Crippen molar-refractivity contribution < 1.29 is 18.7 Å². The van der Waals surface area contributed by atoms with Crippen LogP contribution in [-0.2, 0) is 9.53 Å². The summed E-state index contributed by atoms with van der Waals surface area (Å²) >= 11 is 5.85. The highest BCUT2D eigenvalue weighted by molar-refractivity contribution is 6.30. The molecule has 0 aliphatic heterocycles. The van der Waals surface area contributed by atoms with Gasteiger partial charge in [0.2, 0.25) is 5.89 Å². The van der Waals surface area contributed by atoms with Crippen molar-refractivity contribution in [3.05, 3.63) is 40.7 Å². The smallest absolute Gasteiger partial charge is 0.361 e. The van der Waals surface area contributed by atoms with Crippen LogP contribution in [0.1, 0.15) is 41.9 Å². The van der Waals surface area contributed by atoms with Crippen LogP contribution in [0.15, 0.2) is 28.7 Å². The number of carbonyl (C=O) groups is 2. The van der Waals surface area contributed by atoms with Gasteiger partial charge in [-0.1, -0.05) is 11.6 Å². The minimum absolute atomic E-state index is 0.0244.